The van der Waals surface area contributed by atoms with E-state index in [-0.39, 0.29) is 0 Å². The summed E-state index contributed by atoms with van der Waals surface area (Å²) in [5, 5.41) is 0. The Morgan fingerprint density at radius 3 is 1.08 bits per heavy atom. The largest absolute Gasteiger partial charge is 0.272 e. The lowest BCUT2D eigenvalue weighted by Gasteiger charge is -2.37. The average Bonchev–Trinajstić information content (AvgIpc) is 2.51. The summed E-state index contributed by atoms with van der Waals surface area (Å²) in [6.07, 6.45) is 36.6. The van der Waals surface area contributed by atoms with Crippen molar-refractivity contribution in [3.8, 4) is 0 Å². The van der Waals surface area contributed by atoms with Crippen LogP contribution in [-0.2, 0) is 0 Å². The minimum atomic E-state index is -0.726. The zero-order chi connectivity index (χ0) is 17.2. The van der Waals surface area contributed by atoms with Gasteiger partial charge in [-0.3, -0.25) is 0 Å². The lowest BCUT2D eigenvalue weighted by molar-refractivity contribution is 0.534. The molecule has 0 fully saturated rings. The highest BCUT2D eigenvalue weighted by Crippen LogP contribution is 2.46. The highest BCUT2D eigenvalue weighted by atomic mass is 27.2. The summed E-state index contributed by atoms with van der Waals surface area (Å²) in [7, 11) is 0. The average molecular weight is 355 g/mol. The van der Waals surface area contributed by atoms with Crippen LogP contribution in [0.15, 0.2) is 36.5 Å². The molecular weight excluding hydrogens is 315 g/mol. The fourth-order valence-corrected chi connectivity index (χ4v) is 11.8. The topological polar surface area (TPSA) is 0 Å². The molecule has 3 aliphatic rings. The summed E-state index contributed by atoms with van der Waals surface area (Å²) < 4.78 is 3.39. The molecular formula is C24H39Al. The van der Waals surface area contributed by atoms with Gasteiger partial charge in [-0.05, 0) is 38.5 Å². The predicted molar refractivity (Wildman–Crippen MR) is 114 cm³/mol. The van der Waals surface area contributed by atoms with Gasteiger partial charge in [0.15, 0.2) is 0 Å². The van der Waals surface area contributed by atoms with E-state index in [0.29, 0.717) is 0 Å². The second kappa shape index (κ2) is 11.5. The maximum atomic E-state index is 2.50. The summed E-state index contributed by atoms with van der Waals surface area (Å²) >= 11 is -0.726. The van der Waals surface area contributed by atoms with E-state index in [2.05, 4.69) is 36.5 Å². The molecule has 25 heavy (non-hydrogen) atoms. The maximum Gasteiger partial charge on any atom is 0.272 e. The zero-order valence-corrected chi connectivity index (χ0v) is 17.5. The van der Waals surface area contributed by atoms with E-state index in [1.807, 2.05) is 0 Å². The second-order valence-electron chi connectivity index (χ2n) is 8.80. The molecule has 0 bridgehead atoms. The van der Waals surface area contributed by atoms with Gasteiger partial charge in [0.25, 0.3) is 14.1 Å². The van der Waals surface area contributed by atoms with E-state index in [1.165, 1.54) is 77.0 Å². The van der Waals surface area contributed by atoms with Crippen LogP contribution in [0.4, 0.5) is 0 Å². The summed E-state index contributed by atoms with van der Waals surface area (Å²) in [4.78, 5) is 0. The Bertz CT molecular complexity index is 380. The Hall–Kier alpha value is -0.248. The van der Waals surface area contributed by atoms with E-state index >= 15 is 0 Å². The van der Waals surface area contributed by atoms with Crippen molar-refractivity contribution in [2.24, 2.45) is 0 Å². The Labute approximate surface area is 161 Å². The smallest absolute Gasteiger partial charge is 0.0886 e. The first-order valence-corrected chi connectivity index (χ1v) is 13.4. The van der Waals surface area contributed by atoms with Crippen molar-refractivity contribution >= 4 is 14.1 Å². The number of hydrogen-bond acceptors (Lipinski definition) is 0. The first-order chi connectivity index (χ1) is 12.4. The molecule has 1 heteroatoms. The van der Waals surface area contributed by atoms with E-state index in [0.717, 1.165) is 14.3 Å². The second-order valence-corrected chi connectivity index (χ2v) is 12.8. The predicted octanol–water partition coefficient (Wildman–Crippen LogP) is 8.15. The van der Waals surface area contributed by atoms with Crippen LogP contribution in [0, 0.1) is 0 Å². The third-order valence-electron chi connectivity index (χ3n) is 7.08. The molecule has 0 aromatic carbocycles. The molecule has 0 nitrogen and oxygen atoms in total. The van der Waals surface area contributed by atoms with Gasteiger partial charge in [-0.15, -0.1) is 0 Å². The summed E-state index contributed by atoms with van der Waals surface area (Å²) in [5.41, 5.74) is 0. The molecule has 0 spiro atoms. The normalized spacial score (nSPS) is 31.9. The molecule has 3 atom stereocenters. The van der Waals surface area contributed by atoms with Crippen LogP contribution >= 0.6 is 0 Å². The van der Waals surface area contributed by atoms with Crippen LogP contribution < -0.4 is 0 Å². The van der Waals surface area contributed by atoms with E-state index in [4.69, 9.17) is 0 Å². The van der Waals surface area contributed by atoms with Crippen molar-refractivity contribution in [2.45, 2.75) is 111 Å². The minimum Gasteiger partial charge on any atom is -0.0886 e. The Morgan fingerprint density at radius 1 is 0.400 bits per heavy atom. The Morgan fingerprint density at radius 2 is 0.720 bits per heavy atom. The van der Waals surface area contributed by atoms with Crippen molar-refractivity contribution < 1.29 is 0 Å². The van der Waals surface area contributed by atoms with E-state index in [9.17, 15) is 0 Å². The van der Waals surface area contributed by atoms with Gasteiger partial charge in [0, 0.05) is 0 Å². The molecule has 0 saturated carbocycles. The van der Waals surface area contributed by atoms with Crippen LogP contribution in [0.25, 0.3) is 0 Å². The lowest BCUT2D eigenvalue weighted by atomic mass is 10.0. The van der Waals surface area contributed by atoms with Gasteiger partial charge in [0.05, 0.1) is 0 Å². The molecule has 0 aromatic heterocycles. The molecule has 3 rings (SSSR count). The number of allylic oxidation sites excluding steroid dienone is 6. The Balaban J connectivity index is 1.76. The molecule has 0 N–H and O–H groups in total. The van der Waals surface area contributed by atoms with Crippen LogP contribution in [0.3, 0.4) is 0 Å². The van der Waals surface area contributed by atoms with Gasteiger partial charge < -0.3 is 0 Å². The molecule has 0 radical (unpaired) electrons. The summed E-state index contributed by atoms with van der Waals surface area (Å²) in [6, 6.07) is 0. The zero-order valence-electron chi connectivity index (χ0n) is 16.4. The van der Waals surface area contributed by atoms with E-state index < -0.39 is 14.1 Å². The van der Waals surface area contributed by atoms with Gasteiger partial charge in [-0.2, -0.15) is 0 Å². The Kier molecular flexibility index (Phi) is 8.95. The van der Waals surface area contributed by atoms with Crippen molar-refractivity contribution in [1.29, 1.82) is 0 Å². The van der Waals surface area contributed by atoms with Crippen molar-refractivity contribution in [2.75, 3.05) is 0 Å². The summed E-state index contributed by atoms with van der Waals surface area (Å²) in [6.45, 7) is 0. The fraction of sp³-hybridized carbons (Fsp3) is 0.750. The number of hydrogen-bond donors (Lipinski definition) is 0. The third kappa shape index (κ3) is 6.45. The molecule has 0 saturated heterocycles. The highest BCUT2D eigenvalue weighted by Gasteiger charge is 2.40. The van der Waals surface area contributed by atoms with Gasteiger partial charge in [0.1, 0.15) is 0 Å². The van der Waals surface area contributed by atoms with Gasteiger partial charge in [0.2, 0.25) is 0 Å². The minimum absolute atomic E-state index is 0.726. The molecule has 3 aliphatic carbocycles. The van der Waals surface area contributed by atoms with Crippen LogP contribution in [-0.4, -0.2) is 14.1 Å². The summed E-state index contributed by atoms with van der Waals surface area (Å²) in [5.74, 6) is 0. The van der Waals surface area contributed by atoms with Gasteiger partial charge in [-0.1, -0.05) is 109 Å². The van der Waals surface area contributed by atoms with E-state index in [1.54, 1.807) is 19.3 Å². The van der Waals surface area contributed by atoms with Gasteiger partial charge >= 0.3 is 0 Å². The molecule has 0 heterocycles. The SMILES string of the molecule is C1=CCC[CH]([Al]([CH]2CCC=CCCC2)[CH]2CCC=CCCC2)CCC1. The fourth-order valence-electron chi connectivity index (χ4n) is 5.87. The van der Waals surface area contributed by atoms with Gasteiger partial charge in [-0.25, -0.2) is 0 Å². The van der Waals surface area contributed by atoms with Crippen LogP contribution in [0.2, 0.25) is 14.3 Å². The molecule has 0 aliphatic heterocycles. The quantitative estimate of drug-likeness (QED) is 0.354. The standard InChI is InChI=1S/3C8H13.Al/c3*1-2-4-6-8-7-5-3-1;/h3*1-2,7H,3-6,8H2;. The lowest BCUT2D eigenvalue weighted by Crippen LogP contribution is -2.33. The molecule has 3 unspecified atom stereocenters. The molecule has 0 aromatic rings. The maximum absolute atomic E-state index is 2.50. The highest BCUT2D eigenvalue weighted by molar-refractivity contribution is 6.63. The first-order valence-electron chi connectivity index (χ1n) is 11.4. The van der Waals surface area contributed by atoms with Crippen molar-refractivity contribution in [1.82, 2.24) is 0 Å². The molecule has 0 amide bonds. The third-order valence-corrected chi connectivity index (χ3v) is 12.3. The van der Waals surface area contributed by atoms with Crippen LogP contribution in [0.5, 0.6) is 0 Å². The van der Waals surface area contributed by atoms with Crippen molar-refractivity contribution in [3.05, 3.63) is 36.5 Å². The van der Waals surface area contributed by atoms with Crippen molar-refractivity contribution in [3.63, 3.8) is 0 Å². The van der Waals surface area contributed by atoms with Crippen LogP contribution in [0.1, 0.15) is 96.3 Å². The monoisotopic (exact) mass is 354 g/mol. The molecule has 138 valence electrons. The first kappa shape index (κ1) is 19.5. The number of rotatable bonds is 3.